The fourth-order valence-corrected chi connectivity index (χ4v) is 6.06. The van der Waals surface area contributed by atoms with E-state index in [0.29, 0.717) is 11.8 Å². The molecule has 0 spiro atoms. The first-order chi connectivity index (χ1) is 8.89. The van der Waals surface area contributed by atoms with Crippen LogP contribution in [-0.2, 0) is 14.3 Å². The average Bonchev–Trinajstić information content (AvgIpc) is 2.53. The minimum atomic E-state index is -0.164. The molecule has 0 aromatic carbocycles. The van der Waals surface area contributed by atoms with Crippen LogP contribution in [0.4, 0.5) is 0 Å². The van der Waals surface area contributed by atoms with Crippen molar-refractivity contribution >= 4 is 21.9 Å². The Morgan fingerprint density at radius 3 is 2.84 bits per heavy atom. The Morgan fingerprint density at radius 1 is 1.42 bits per heavy atom. The molecule has 1 heterocycles. The zero-order chi connectivity index (χ0) is 13.8. The molecule has 0 unspecified atom stereocenters. The number of ether oxygens (including phenoxy) is 2. The molecule has 3 nitrogen and oxygen atoms in total. The predicted molar refractivity (Wildman–Crippen MR) is 76.2 cm³/mol. The molecule has 1 aliphatic heterocycles. The topological polar surface area (TPSA) is 35.5 Å². The molecule has 1 saturated heterocycles. The van der Waals surface area contributed by atoms with Gasteiger partial charge in [-0.3, -0.25) is 4.79 Å². The number of hydrogen-bond donors (Lipinski definition) is 0. The van der Waals surface area contributed by atoms with Crippen LogP contribution in [0.1, 0.15) is 46.5 Å². The number of halogens is 1. The van der Waals surface area contributed by atoms with Crippen LogP contribution in [0.15, 0.2) is 0 Å². The Balaban J connectivity index is 1.89. The van der Waals surface area contributed by atoms with E-state index in [9.17, 15) is 4.79 Å². The van der Waals surface area contributed by atoms with Crippen molar-refractivity contribution in [2.75, 3.05) is 6.61 Å². The van der Waals surface area contributed by atoms with Crippen molar-refractivity contribution in [3.63, 3.8) is 0 Å². The summed E-state index contributed by atoms with van der Waals surface area (Å²) in [5, 5.41) is 0. The summed E-state index contributed by atoms with van der Waals surface area (Å²) in [4.78, 5) is 11.2. The van der Waals surface area contributed by atoms with Gasteiger partial charge in [0.05, 0.1) is 17.0 Å². The zero-order valence-electron chi connectivity index (χ0n) is 11.9. The standard InChI is InChI=1S/C15H23BrO3/c1-9-6-13-15(16)7-12(19-11(3)17)4-5-14(15,8-18-13)10(9)2/h9-10,12-13H,4-8H2,1-3H3/t9-,10+,12+,13+,14-,15+/m0/s1. The third-order valence-corrected chi connectivity index (χ3v) is 7.59. The van der Waals surface area contributed by atoms with Crippen LogP contribution in [0.2, 0.25) is 0 Å². The summed E-state index contributed by atoms with van der Waals surface area (Å²) >= 11 is 4.04. The summed E-state index contributed by atoms with van der Waals surface area (Å²) in [7, 11) is 0. The highest BCUT2D eigenvalue weighted by molar-refractivity contribution is 9.10. The molecule has 0 amide bonds. The SMILES string of the molecule is CC(=O)O[C@@H]1CC[C@]23CO[C@H](C[C@H](C)[C@H]2C)[C@]3(Br)C1. The number of rotatable bonds is 1. The third kappa shape index (κ3) is 1.82. The molecule has 4 heteroatoms. The predicted octanol–water partition coefficient (Wildman–Crippen LogP) is 3.30. The van der Waals surface area contributed by atoms with Crippen LogP contribution in [0, 0.1) is 17.3 Å². The summed E-state index contributed by atoms with van der Waals surface area (Å²) in [5.74, 6) is 1.20. The monoisotopic (exact) mass is 330 g/mol. The van der Waals surface area contributed by atoms with Crippen LogP contribution in [0.25, 0.3) is 0 Å². The summed E-state index contributed by atoms with van der Waals surface area (Å²) in [5.41, 5.74) is 0.228. The second kappa shape index (κ2) is 4.45. The van der Waals surface area contributed by atoms with Crippen molar-refractivity contribution in [3.8, 4) is 0 Å². The van der Waals surface area contributed by atoms with E-state index in [1.54, 1.807) is 0 Å². The molecule has 0 N–H and O–H groups in total. The van der Waals surface area contributed by atoms with Crippen molar-refractivity contribution in [1.29, 1.82) is 0 Å². The Bertz CT molecular complexity index is 399. The van der Waals surface area contributed by atoms with Crippen molar-refractivity contribution < 1.29 is 14.3 Å². The molecule has 2 bridgehead atoms. The first-order valence-corrected chi connectivity index (χ1v) is 8.16. The molecule has 0 aromatic rings. The van der Waals surface area contributed by atoms with Gasteiger partial charge in [0.1, 0.15) is 6.10 Å². The lowest BCUT2D eigenvalue weighted by molar-refractivity contribution is -0.151. The van der Waals surface area contributed by atoms with Crippen LogP contribution < -0.4 is 0 Å². The number of carbonyl (C=O) groups excluding carboxylic acids is 1. The van der Waals surface area contributed by atoms with E-state index >= 15 is 0 Å². The summed E-state index contributed by atoms with van der Waals surface area (Å²) in [6, 6.07) is 0. The summed E-state index contributed by atoms with van der Waals surface area (Å²) in [6.45, 7) is 7.08. The molecule has 2 saturated carbocycles. The highest BCUT2D eigenvalue weighted by atomic mass is 79.9. The van der Waals surface area contributed by atoms with E-state index in [1.807, 2.05) is 0 Å². The van der Waals surface area contributed by atoms with E-state index in [4.69, 9.17) is 9.47 Å². The number of hydrogen-bond acceptors (Lipinski definition) is 3. The quantitative estimate of drug-likeness (QED) is 0.546. The molecule has 3 aliphatic rings. The van der Waals surface area contributed by atoms with Gasteiger partial charge in [0.25, 0.3) is 0 Å². The van der Waals surface area contributed by atoms with Gasteiger partial charge in [-0.15, -0.1) is 0 Å². The Labute approximate surface area is 123 Å². The lowest BCUT2D eigenvalue weighted by Crippen LogP contribution is -2.60. The molecule has 3 fully saturated rings. The fourth-order valence-electron chi connectivity index (χ4n) is 4.70. The zero-order valence-corrected chi connectivity index (χ0v) is 13.5. The summed E-state index contributed by atoms with van der Waals surface area (Å²) < 4.78 is 11.6. The highest BCUT2D eigenvalue weighted by Crippen LogP contribution is 2.66. The van der Waals surface area contributed by atoms with Crippen LogP contribution >= 0.6 is 15.9 Å². The van der Waals surface area contributed by atoms with Gasteiger partial charge < -0.3 is 9.47 Å². The van der Waals surface area contributed by atoms with Gasteiger partial charge in [-0.1, -0.05) is 29.8 Å². The first kappa shape index (κ1) is 13.9. The van der Waals surface area contributed by atoms with Gasteiger partial charge >= 0.3 is 5.97 Å². The van der Waals surface area contributed by atoms with E-state index in [1.165, 1.54) is 6.92 Å². The second-order valence-electron chi connectivity index (χ2n) is 6.79. The molecular weight excluding hydrogens is 308 g/mol. The van der Waals surface area contributed by atoms with Gasteiger partial charge in [0.15, 0.2) is 0 Å². The maximum absolute atomic E-state index is 11.2. The minimum Gasteiger partial charge on any atom is -0.463 e. The van der Waals surface area contributed by atoms with Crippen LogP contribution in [-0.4, -0.2) is 29.1 Å². The Morgan fingerprint density at radius 2 is 2.16 bits per heavy atom. The maximum atomic E-state index is 11.2. The lowest BCUT2D eigenvalue weighted by Gasteiger charge is -2.56. The van der Waals surface area contributed by atoms with Crippen molar-refractivity contribution in [1.82, 2.24) is 0 Å². The highest BCUT2D eigenvalue weighted by Gasteiger charge is 2.68. The van der Waals surface area contributed by atoms with E-state index in [0.717, 1.165) is 32.3 Å². The van der Waals surface area contributed by atoms with E-state index in [2.05, 4.69) is 29.8 Å². The first-order valence-electron chi connectivity index (χ1n) is 7.37. The average molecular weight is 331 g/mol. The normalized spacial score (nSPS) is 52.6. The molecule has 6 atom stereocenters. The van der Waals surface area contributed by atoms with E-state index < -0.39 is 0 Å². The van der Waals surface area contributed by atoms with Crippen LogP contribution in [0.5, 0.6) is 0 Å². The van der Waals surface area contributed by atoms with Crippen LogP contribution in [0.3, 0.4) is 0 Å². The number of carbonyl (C=O) groups is 1. The molecule has 0 aromatic heterocycles. The smallest absolute Gasteiger partial charge is 0.302 e. The number of alkyl halides is 1. The minimum absolute atomic E-state index is 0.00426. The largest absolute Gasteiger partial charge is 0.463 e. The van der Waals surface area contributed by atoms with Gasteiger partial charge in [-0.2, -0.15) is 0 Å². The Kier molecular flexibility index (Phi) is 3.25. The van der Waals surface area contributed by atoms with E-state index in [-0.39, 0.29) is 27.9 Å². The lowest BCUT2D eigenvalue weighted by atomic mass is 9.53. The Hall–Kier alpha value is -0.0900. The summed E-state index contributed by atoms with van der Waals surface area (Å²) in [6.07, 6.45) is 4.40. The van der Waals surface area contributed by atoms with Crippen molar-refractivity contribution in [3.05, 3.63) is 0 Å². The van der Waals surface area contributed by atoms with Gasteiger partial charge in [-0.05, 0) is 31.1 Å². The van der Waals surface area contributed by atoms with Gasteiger partial charge in [0, 0.05) is 18.8 Å². The molecule has 2 aliphatic carbocycles. The second-order valence-corrected chi connectivity index (χ2v) is 8.21. The third-order valence-electron chi connectivity index (χ3n) is 5.96. The molecule has 108 valence electrons. The molecule has 19 heavy (non-hydrogen) atoms. The van der Waals surface area contributed by atoms with Crippen molar-refractivity contribution in [2.24, 2.45) is 17.3 Å². The molecule has 0 radical (unpaired) electrons. The van der Waals surface area contributed by atoms with Crippen molar-refractivity contribution in [2.45, 2.75) is 63.0 Å². The maximum Gasteiger partial charge on any atom is 0.302 e. The molecule has 3 rings (SSSR count). The molecular formula is C15H23BrO3. The fraction of sp³-hybridized carbons (Fsp3) is 0.933. The van der Waals surface area contributed by atoms with Gasteiger partial charge in [-0.25, -0.2) is 0 Å². The van der Waals surface area contributed by atoms with Gasteiger partial charge in [0.2, 0.25) is 0 Å². The number of esters is 1.